The molecule has 0 unspecified atom stereocenters. The number of nitrogens with zero attached hydrogens (tertiary/aromatic N) is 1. The lowest BCUT2D eigenvalue weighted by Crippen LogP contribution is -2.39. The van der Waals surface area contributed by atoms with E-state index >= 15 is 0 Å². The van der Waals surface area contributed by atoms with Crippen molar-refractivity contribution in [2.75, 3.05) is 11.9 Å². The number of amides is 1. The van der Waals surface area contributed by atoms with Gasteiger partial charge in [0.1, 0.15) is 5.75 Å². The number of aryl methyl sites for hydroxylation is 1. The quantitative estimate of drug-likeness (QED) is 0.835. The molecule has 3 nitrogen and oxygen atoms in total. The fourth-order valence-electron chi connectivity index (χ4n) is 2.15. The lowest BCUT2D eigenvalue weighted by molar-refractivity contribution is -0.125. The predicted octanol–water partition coefficient (Wildman–Crippen LogP) is 3.82. The van der Waals surface area contributed by atoms with Gasteiger partial charge in [0.15, 0.2) is 6.10 Å². The Morgan fingerprint density at radius 1 is 1.10 bits per heavy atom. The van der Waals surface area contributed by atoms with Gasteiger partial charge in [0, 0.05) is 12.7 Å². The first-order valence-electron chi connectivity index (χ1n) is 7.18. The van der Waals surface area contributed by atoms with Crippen LogP contribution >= 0.6 is 0 Å². The van der Waals surface area contributed by atoms with Gasteiger partial charge in [0.25, 0.3) is 5.91 Å². The third kappa shape index (κ3) is 3.63. The molecule has 110 valence electrons. The van der Waals surface area contributed by atoms with E-state index < -0.39 is 6.10 Å². The van der Waals surface area contributed by atoms with Gasteiger partial charge >= 0.3 is 0 Å². The molecule has 2 rings (SSSR count). The normalized spacial score (nSPS) is 11.8. The molecule has 0 aliphatic heterocycles. The summed E-state index contributed by atoms with van der Waals surface area (Å²) >= 11 is 0. The second kappa shape index (κ2) is 6.93. The summed E-state index contributed by atoms with van der Waals surface area (Å²) < 4.78 is 5.91. The molecule has 0 saturated carbocycles. The first-order chi connectivity index (χ1) is 10.1. The van der Waals surface area contributed by atoms with Gasteiger partial charge in [-0.15, -0.1) is 0 Å². The van der Waals surface area contributed by atoms with Crippen molar-refractivity contribution in [2.24, 2.45) is 0 Å². The van der Waals surface area contributed by atoms with Crippen LogP contribution < -0.4 is 9.64 Å². The van der Waals surface area contributed by atoms with Gasteiger partial charge in [-0.2, -0.15) is 0 Å². The van der Waals surface area contributed by atoms with Gasteiger partial charge in [0.05, 0.1) is 0 Å². The summed E-state index contributed by atoms with van der Waals surface area (Å²) in [6.07, 6.45) is 0.154. The minimum atomic E-state index is -0.476. The van der Waals surface area contributed by atoms with Crippen LogP contribution in [0.4, 0.5) is 5.69 Å². The van der Waals surface area contributed by atoms with Gasteiger partial charge in [-0.25, -0.2) is 0 Å². The number of rotatable bonds is 5. The molecule has 0 spiro atoms. The Hall–Kier alpha value is -2.29. The zero-order chi connectivity index (χ0) is 15.2. The van der Waals surface area contributed by atoms with Crippen LogP contribution in [0.2, 0.25) is 0 Å². The fraction of sp³-hybridized carbons (Fsp3) is 0.278. The first-order valence-corrected chi connectivity index (χ1v) is 7.18. The number of carbonyl (C=O) groups excluding carboxylic acids is 1. The first kappa shape index (κ1) is 15.1. The highest BCUT2D eigenvalue weighted by Gasteiger charge is 2.23. The Balaban J connectivity index is 2.14. The van der Waals surface area contributed by atoms with E-state index in [2.05, 4.69) is 0 Å². The summed E-state index contributed by atoms with van der Waals surface area (Å²) in [4.78, 5) is 14.2. The molecule has 1 atom stereocenters. The smallest absolute Gasteiger partial charge is 0.267 e. The van der Waals surface area contributed by atoms with Crippen LogP contribution in [0, 0.1) is 6.92 Å². The summed E-state index contributed by atoms with van der Waals surface area (Å²) in [5.74, 6) is 0.728. The van der Waals surface area contributed by atoms with Crippen molar-refractivity contribution in [1.82, 2.24) is 0 Å². The Morgan fingerprint density at radius 2 is 1.71 bits per heavy atom. The number of carbonyl (C=O) groups is 1. The third-order valence-corrected chi connectivity index (χ3v) is 3.48. The van der Waals surface area contributed by atoms with Crippen molar-refractivity contribution in [2.45, 2.75) is 26.4 Å². The molecule has 3 heteroatoms. The van der Waals surface area contributed by atoms with Crippen LogP contribution in [-0.4, -0.2) is 19.1 Å². The van der Waals surface area contributed by atoms with E-state index in [-0.39, 0.29) is 5.91 Å². The molecule has 0 N–H and O–H groups in total. The number of ether oxygens (including phenoxy) is 1. The van der Waals surface area contributed by atoms with Gasteiger partial charge in [-0.3, -0.25) is 4.79 Å². The number of hydrogen-bond donors (Lipinski definition) is 0. The average Bonchev–Trinajstić information content (AvgIpc) is 2.53. The Morgan fingerprint density at radius 3 is 2.33 bits per heavy atom. The molecule has 0 aromatic heterocycles. The van der Waals surface area contributed by atoms with Crippen molar-refractivity contribution in [3.8, 4) is 5.75 Å². The lowest BCUT2D eigenvalue weighted by atomic mass is 10.2. The highest BCUT2D eigenvalue weighted by atomic mass is 16.5. The van der Waals surface area contributed by atoms with Crippen LogP contribution in [0.5, 0.6) is 5.75 Å². The topological polar surface area (TPSA) is 29.5 Å². The molecule has 0 fully saturated rings. The van der Waals surface area contributed by atoms with Gasteiger partial charge in [0.2, 0.25) is 0 Å². The van der Waals surface area contributed by atoms with Gasteiger partial charge in [-0.1, -0.05) is 43.3 Å². The highest BCUT2D eigenvalue weighted by molar-refractivity contribution is 5.96. The second-order valence-electron chi connectivity index (χ2n) is 5.01. The lowest BCUT2D eigenvalue weighted by Gasteiger charge is -2.24. The number of anilines is 1. The second-order valence-corrected chi connectivity index (χ2v) is 5.01. The molecule has 0 aliphatic rings. The standard InChI is InChI=1S/C18H21NO2/c1-4-16(21-17-13-9-8-10-14(17)2)18(20)19(3)15-11-6-5-7-12-15/h5-13,16H,4H2,1-3H3/t16-/m1/s1. The van der Waals surface area contributed by atoms with E-state index in [4.69, 9.17) is 4.74 Å². The van der Waals surface area contributed by atoms with E-state index in [1.165, 1.54) is 0 Å². The molecule has 0 bridgehead atoms. The Kier molecular flexibility index (Phi) is 4.99. The summed E-state index contributed by atoms with van der Waals surface area (Å²) in [5.41, 5.74) is 1.90. The van der Waals surface area contributed by atoms with E-state index in [9.17, 15) is 4.79 Å². The number of benzene rings is 2. The largest absolute Gasteiger partial charge is 0.480 e. The average molecular weight is 283 g/mol. The van der Waals surface area contributed by atoms with Crippen LogP contribution in [0.3, 0.4) is 0 Å². The maximum Gasteiger partial charge on any atom is 0.267 e. The number of para-hydroxylation sites is 2. The summed E-state index contributed by atoms with van der Waals surface area (Å²) in [5, 5.41) is 0. The predicted molar refractivity (Wildman–Crippen MR) is 85.7 cm³/mol. The number of hydrogen-bond acceptors (Lipinski definition) is 2. The zero-order valence-corrected chi connectivity index (χ0v) is 12.7. The molecule has 2 aromatic carbocycles. The van der Waals surface area contributed by atoms with Gasteiger partial charge < -0.3 is 9.64 Å². The van der Waals surface area contributed by atoms with Crippen molar-refractivity contribution in [3.63, 3.8) is 0 Å². The van der Waals surface area contributed by atoms with Crippen molar-refractivity contribution < 1.29 is 9.53 Å². The van der Waals surface area contributed by atoms with E-state index in [0.717, 1.165) is 17.0 Å². The monoisotopic (exact) mass is 283 g/mol. The van der Waals surface area contributed by atoms with Crippen LogP contribution in [-0.2, 0) is 4.79 Å². The molecule has 0 heterocycles. The van der Waals surface area contributed by atoms with Crippen LogP contribution in [0.15, 0.2) is 54.6 Å². The molecule has 0 aliphatic carbocycles. The summed E-state index contributed by atoms with van der Waals surface area (Å²) in [7, 11) is 1.78. The maximum atomic E-state index is 12.6. The third-order valence-electron chi connectivity index (χ3n) is 3.48. The number of likely N-dealkylation sites (N-methyl/N-ethyl adjacent to an activating group) is 1. The Labute approximate surface area is 126 Å². The molecular weight excluding hydrogens is 262 g/mol. The van der Waals surface area contributed by atoms with E-state index in [1.807, 2.05) is 68.4 Å². The molecule has 1 amide bonds. The summed E-state index contributed by atoms with van der Waals surface area (Å²) in [6, 6.07) is 17.4. The van der Waals surface area contributed by atoms with Crippen molar-refractivity contribution in [1.29, 1.82) is 0 Å². The molecule has 0 radical (unpaired) electrons. The van der Waals surface area contributed by atoms with Crippen LogP contribution in [0.25, 0.3) is 0 Å². The minimum Gasteiger partial charge on any atom is -0.480 e. The van der Waals surface area contributed by atoms with Crippen molar-refractivity contribution in [3.05, 3.63) is 60.2 Å². The van der Waals surface area contributed by atoms with Gasteiger partial charge in [-0.05, 0) is 37.1 Å². The van der Waals surface area contributed by atoms with E-state index in [0.29, 0.717) is 6.42 Å². The molecule has 2 aromatic rings. The fourth-order valence-corrected chi connectivity index (χ4v) is 2.15. The maximum absolute atomic E-state index is 12.6. The Bertz CT molecular complexity index is 595. The molecule has 0 saturated heterocycles. The zero-order valence-electron chi connectivity index (χ0n) is 12.7. The SMILES string of the molecule is CC[C@@H](Oc1ccccc1C)C(=O)N(C)c1ccccc1. The van der Waals surface area contributed by atoms with Crippen molar-refractivity contribution >= 4 is 11.6 Å². The van der Waals surface area contributed by atoms with E-state index in [1.54, 1.807) is 11.9 Å². The minimum absolute atomic E-state index is 0.0352. The highest BCUT2D eigenvalue weighted by Crippen LogP contribution is 2.21. The van der Waals surface area contributed by atoms with Crippen LogP contribution in [0.1, 0.15) is 18.9 Å². The molecule has 21 heavy (non-hydrogen) atoms. The molecular formula is C18H21NO2. The summed E-state index contributed by atoms with van der Waals surface area (Å²) in [6.45, 7) is 3.94.